The minimum atomic E-state index is -0.564. The highest BCUT2D eigenvalue weighted by atomic mass is 16.6. The molecule has 0 spiro atoms. The summed E-state index contributed by atoms with van der Waals surface area (Å²) in [6.07, 6.45) is 1.73. The van der Waals surface area contributed by atoms with Crippen LogP contribution in [-0.2, 0) is 16.0 Å². The number of aryl methyl sites for hydroxylation is 1. The Morgan fingerprint density at radius 3 is 2.45 bits per heavy atom. The van der Waals surface area contributed by atoms with Gasteiger partial charge in [0.15, 0.2) is 0 Å². The second-order valence-corrected chi connectivity index (χ2v) is 8.47. The van der Waals surface area contributed by atoms with Gasteiger partial charge in [-0.25, -0.2) is 9.59 Å². The average molecular weight is 408 g/mol. The van der Waals surface area contributed by atoms with Gasteiger partial charge >= 0.3 is 11.8 Å². The average Bonchev–Trinajstić information content (AvgIpc) is 2.59. The van der Waals surface area contributed by atoms with Crippen molar-refractivity contribution in [1.82, 2.24) is 19.8 Å². The molecule has 162 valence electrons. The molecule has 1 atom stereocenters. The lowest BCUT2D eigenvalue weighted by Gasteiger charge is -2.41. The number of hydrogen-bond donors (Lipinski definition) is 2. The smallest absolute Gasteiger partial charge is 0.410 e. The molecule has 1 aliphatic rings. The van der Waals surface area contributed by atoms with E-state index in [2.05, 4.69) is 9.97 Å². The maximum atomic E-state index is 12.9. The highest BCUT2D eigenvalue weighted by molar-refractivity contribution is 5.77. The number of aromatic amines is 2. The van der Waals surface area contributed by atoms with E-state index in [4.69, 9.17) is 4.74 Å². The standard InChI is InChI=1S/C20H32N4O5/c1-6-7-14-12-23(19(28)29-20(3,4)5)10-11-24(14)16(25)9-8-15-13(2)21-18(27)22-17(15)26/h14H,6-12H2,1-5H3,(H2,21,22,26,27)/t14-/m0/s1. The third kappa shape index (κ3) is 6.20. The third-order valence-corrected chi connectivity index (χ3v) is 4.92. The Morgan fingerprint density at radius 2 is 1.86 bits per heavy atom. The van der Waals surface area contributed by atoms with Gasteiger partial charge in [0.1, 0.15) is 5.60 Å². The van der Waals surface area contributed by atoms with E-state index in [1.165, 1.54) is 0 Å². The van der Waals surface area contributed by atoms with Gasteiger partial charge in [0, 0.05) is 43.4 Å². The summed E-state index contributed by atoms with van der Waals surface area (Å²) in [4.78, 5) is 56.8. The molecule has 0 unspecified atom stereocenters. The Kier molecular flexibility index (Phi) is 7.26. The van der Waals surface area contributed by atoms with Crippen LogP contribution in [0.25, 0.3) is 0 Å². The zero-order valence-electron chi connectivity index (χ0n) is 18.0. The van der Waals surface area contributed by atoms with Crippen LogP contribution < -0.4 is 11.2 Å². The number of nitrogens with zero attached hydrogens (tertiary/aromatic N) is 2. The van der Waals surface area contributed by atoms with Crippen molar-refractivity contribution < 1.29 is 14.3 Å². The second-order valence-electron chi connectivity index (χ2n) is 8.47. The van der Waals surface area contributed by atoms with E-state index in [-0.39, 0.29) is 30.9 Å². The Balaban J connectivity index is 2.04. The summed E-state index contributed by atoms with van der Waals surface area (Å²) in [5.74, 6) is -0.0581. The third-order valence-electron chi connectivity index (χ3n) is 4.92. The number of rotatable bonds is 5. The van der Waals surface area contributed by atoms with Crippen molar-refractivity contribution in [1.29, 1.82) is 0 Å². The minimum absolute atomic E-state index is 0.0581. The first-order chi connectivity index (χ1) is 13.5. The summed E-state index contributed by atoms with van der Waals surface area (Å²) in [5.41, 5.74) is -0.683. The first-order valence-corrected chi connectivity index (χ1v) is 10.1. The van der Waals surface area contributed by atoms with Gasteiger partial charge in [0.05, 0.1) is 0 Å². The number of aromatic nitrogens is 2. The van der Waals surface area contributed by atoms with Crippen molar-refractivity contribution in [3.05, 3.63) is 32.1 Å². The number of nitrogens with one attached hydrogen (secondary N) is 2. The molecule has 0 saturated carbocycles. The molecular formula is C20H32N4O5. The van der Waals surface area contributed by atoms with Crippen molar-refractivity contribution >= 4 is 12.0 Å². The van der Waals surface area contributed by atoms with E-state index >= 15 is 0 Å². The Labute approximate surface area is 170 Å². The Hall–Kier alpha value is -2.58. The van der Waals surface area contributed by atoms with Gasteiger partial charge in [-0.3, -0.25) is 14.6 Å². The van der Waals surface area contributed by atoms with Crippen LogP contribution in [0.15, 0.2) is 9.59 Å². The maximum absolute atomic E-state index is 12.9. The van der Waals surface area contributed by atoms with Crippen molar-refractivity contribution in [2.45, 2.75) is 71.9 Å². The van der Waals surface area contributed by atoms with Gasteiger partial charge in [0.25, 0.3) is 5.56 Å². The Morgan fingerprint density at radius 1 is 1.17 bits per heavy atom. The molecular weight excluding hydrogens is 376 g/mol. The predicted molar refractivity (Wildman–Crippen MR) is 109 cm³/mol. The molecule has 1 fully saturated rings. The highest BCUT2D eigenvalue weighted by Gasteiger charge is 2.33. The minimum Gasteiger partial charge on any atom is -0.444 e. The monoisotopic (exact) mass is 408 g/mol. The second kappa shape index (κ2) is 9.28. The number of carbonyl (C=O) groups is 2. The number of amides is 2. The molecule has 1 saturated heterocycles. The number of hydrogen-bond acceptors (Lipinski definition) is 5. The zero-order valence-corrected chi connectivity index (χ0v) is 18.0. The molecule has 9 heteroatoms. The van der Waals surface area contributed by atoms with Crippen LogP contribution in [0.2, 0.25) is 0 Å². The fourth-order valence-electron chi connectivity index (χ4n) is 3.56. The first-order valence-electron chi connectivity index (χ1n) is 10.1. The molecule has 9 nitrogen and oxygen atoms in total. The van der Waals surface area contributed by atoms with Gasteiger partial charge in [-0.05, 0) is 40.5 Å². The molecule has 2 amide bonds. The van der Waals surface area contributed by atoms with E-state index in [1.807, 2.05) is 27.7 Å². The lowest BCUT2D eigenvalue weighted by atomic mass is 10.0. The van der Waals surface area contributed by atoms with E-state index in [9.17, 15) is 19.2 Å². The summed E-state index contributed by atoms with van der Waals surface area (Å²) >= 11 is 0. The normalized spacial score (nSPS) is 17.3. The predicted octanol–water partition coefficient (Wildman–Crippen LogP) is 1.55. The van der Waals surface area contributed by atoms with Crippen molar-refractivity contribution in [2.75, 3.05) is 19.6 Å². The van der Waals surface area contributed by atoms with Gasteiger partial charge in [-0.1, -0.05) is 13.3 Å². The zero-order chi connectivity index (χ0) is 21.8. The molecule has 29 heavy (non-hydrogen) atoms. The molecule has 2 rings (SSSR count). The van der Waals surface area contributed by atoms with Gasteiger partial charge < -0.3 is 19.5 Å². The van der Waals surface area contributed by atoms with Crippen LogP contribution in [0.1, 0.15) is 58.2 Å². The lowest BCUT2D eigenvalue weighted by Crippen LogP contribution is -2.57. The van der Waals surface area contributed by atoms with E-state index < -0.39 is 16.9 Å². The fraction of sp³-hybridized carbons (Fsp3) is 0.700. The SMILES string of the molecule is CCC[C@H]1CN(C(=O)OC(C)(C)C)CCN1C(=O)CCc1c(C)[nH]c(=O)[nH]c1=O. The molecule has 0 aromatic carbocycles. The van der Waals surface area contributed by atoms with Crippen LogP contribution in [0, 0.1) is 6.92 Å². The molecule has 2 heterocycles. The van der Waals surface area contributed by atoms with Crippen LogP contribution >= 0.6 is 0 Å². The van der Waals surface area contributed by atoms with Crippen LogP contribution in [0.5, 0.6) is 0 Å². The molecule has 1 aromatic rings. The van der Waals surface area contributed by atoms with Gasteiger partial charge in [0.2, 0.25) is 5.91 Å². The van der Waals surface area contributed by atoms with E-state index in [0.717, 1.165) is 12.8 Å². The summed E-state index contributed by atoms with van der Waals surface area (Å²) in [7, 11) is 0. The fourth-order valence-corrected chi connectivity index (χ4v) is 3.56. The van der Waals surface area contributed by atoms with Crippen LogP contribution in [-0.4, -0.2) is 63.0 Å². The largest absolute Gasteiger partial charge is 0.444 e. The van der Waals surface area contributed by atoms with Crippen molar-refractivity contribution in [2.24, 2.45) is 0 Å². The number of H-pyrrole nitrogens is 2. The summed E-state index contributed by atoms with van der Waals surface area (Å²) in [6.45, 7) is 10.5. The summed E-state index contributed by atoms with van der Waals surface area (Å²) in [5, 5.41) is 0. The molecule has 0 radical (unpaired) electrons. The topological polar surface area (TPSA) is 116 Å². The number of piperazine rings is 1. The van der Waals surface area contributed by atoms with Gasteiger partial charge in [-0.2, -0.15) is 0 Å². The van der Waals surface area contributed by atoms with E-state index in [0.29, 0.717) is 30.9 Å². The molecule has 0 bridgehead atoms. The first kappa shape index (κ1) is 22.7. The van der Waals surface area contributed by atoms with Crippen molar-refractivity contribution in [3.8, 4) is 0 Å². The maximum Gasteiger partial charge on any atom is 0.410 e. The Bertz CT molecular complexity index is 852. The van der Waals surface area contributed by atoms with Crippen LogP contribution in [0.4, 0.5) is 4.79 Å². The number of ether oxygens (including phenoxy) is 1. The van der Waals surface area contributed by atoms with Crippen molar-refractivity contribution in [3.63, 3.8) is 0 Å². The van der Waals surface area contributed by atoms with E-state index in [1.54, 1.807) is 16.7 Å². The van der Waals surface area contributed by atoms with Gasteiger partial charge in [-0.15, -0.1) is 0 Å². The summed E-state index contributed by atoms with van der Waals surface area (Å²) in [6, 6.07) is -0.0799. The molecule has 1 aromatic heterocycles. The number of carbonyl (C=O) groups excluding carboxylic acids is 2. The highest BCUT2D eigenvalue weighted by Crippen LogP contribution is 2.19. The summed E-state index contributed by atoms with van der Waals surface area (Å²) < 4.78 is 5.46. The molecule has 0 aliphatic carbocycles. The lowest BCUT2D eigenvalue weighted by molar-refractivity contribution is -0.136. The molecule has 1 aliphatic heterocycles. The quantitative estimate of drug-likeness (QED) is 0.767. The molecule has 2 N–H and O–H groups in total. The van der Waals surface area contributed by atoms with Crippen LogP contribution in [0.3, 0.4) is 0 Å².